The fraction of sp³-hybridized carbons (Fsp3) is 0.273. The number of allylic oxidation sites excluding steroid dienone is 1. The van der Waals surface area contributed by atoms with Gasteiger partial charge in [0.1, 0.15) is 5.75 Å². The van der Waals surface area contributed by atoms with Crippen molar-refractivity contribution in [2.24, 2.45) is 0 Å². The number of benzene rings is 1. The van der Waals surface area contributed by atoms with Gasteiger partial charge < -0.3 is 4.74 Å². The van der Waals surface area contributed by atoms with Crippen LogP contribution >= 0.6 is 11.6 Å². The van der Waals surface area contributed by atoms with Crippen LogP contribution in [0.4, 0.5) is 0 Å². The van der Waals surface area contributed by atoms with Crippen LogP contribution in [0.5, 0.6) is 5.75 Å². The van der Waals surface area contributed by atoms with E-state index in [0.717, 1.165) is 18.6 Å². The van der Waals surface area contributed by atoms with E-state index in [1.54, 1.807) is 0 Å². The number of ether oxygens (including phenoxy) is 1. The van der Waals surface area contributed by atoms with E-state index in [1.807, 2.05) is 36.4 Å². The van der Waals surface area contributed by atoms with Crippen LogP contribution < -0.4 is 4.74 Å². The van der Waals surface area contributed by atoms with Gasteiger partial charge in [-0.1, -0.05) is 31.5 Å². The van der Waals surface area contributed by atoms with Crippen molar-refractivity contribution in [1.82, 2.24) is 0 Å². The first-order chi connectivity index (χ1) is 6.33. The van der Waals surface area contributed by atoms with Gasteiger partial charge in [0.15, 0.2) is 5.22 Å². The monoisotopic (exact) mass is 196 g/mol. The standard InChI is InChI=1S/C11H13ClO/c1-2-3-9-11(12)13-10-7-5-4-6-8-10/h4-9H,2-3H2,1H3. The van der Waals surface area contributed by atoms with Gasteiger partial charge in [-0.05, 0) is 36.2 Å². The molecule has 0 radical (unpaired) electrons. The number of para-hydroxylation sites is 1. The summed E-state index contributed by atoms with van der Waals surface area (Å²) in [5.41, 5.74) is 0. The van der Waals surface area contributed by atoms with E-state index in [9.17, 15) is 0 Å². The maximum atomic E-state index is 5.83. The summed E-state index contributed by atoms with van der Waals surface area (Å²) in [6.07, 6.45) is 3.91. The molecule has 0 aromatic heterocycles. The molecule has 13 heavy (non-hydrogen) atoms. The lowest BCUT2D eigenvalue weighted by Gasteiger charge is -2.02. The third kappa shape index (κ3) is 4.00. The summed E-state index contributed by atoms with van der Waals surface area (Å²) in [6.45, 7) is 2.10. The normalized spacial score (nSPS) is 11.4. The molecular formula is C11H13ClO. The molecule has 0 aliphatic carbocycles. The zero-order chi connectivity index (χ0) is 9.52. The third-order valence-corrected chi connectivity index (χ3v) is 1.78. The topological polar surface area (TPSA) is 9.23 Å². The van der Waals surface area contributed by atoms with Crippen molar-refractivity contribution in [2.45, 2.75) is 19.8 Å². The van der Waals surface area contributed by atoms with Gasteiger partial charge in [-0.3, -0.25) is 0 Å². The molecule has 0 fully saturated rings. The smallest absolute Gasteiger partial charge is 0.189 e. The number of halogens is 1. The Morgan fingerprint density at radius 1 is 1.38 bits per heavy atom. The summed E-state index contributed by atoms with van der Waals surface area (Å²) >= 11 is 5.83. The largest absolute Gasteiger partial charge is 0.446 e. The first-order valence-corrected chi connectivity index (χ1v) is 4.79. The molecule has 0 atom stereocenters. The van der Waals surface area contributed by atoms with Gasteiger partial charge in [-0.2, -0.15) is 0 Å². The van der Waals surface area contributed by atoms with E-state index in [1.165, 1.54) is 0 Å². The zero-order valence-corrected chi connectivity index (χ0v) is 8.42. The molecule has 0 bridgehead atoms. The number of hydrogen-bond acceptors (Lipinski definition) is 1. The lowest BCUT2D eigenvalue weighted by Crippen LogP contribution is -1.87. The van der Waals surface area contributed by atoms with Crippen molar-refractivity contribution in [1.29, 1.82) is 0 Å². The van der Waals surface area contributed by atoms with Crippen LogP contribution in [0.1, 0.15) is 19.8 Å². The highest BCUT2D eigenvalue weighted by Gasteiger charge is 1.94. The highest BCUT2D eigenvalue weighted by atomic mass is 35.5. The van der Waals surface area contributed by atoms with E-state index < -0.39 is 0 Å². The quantitative estimate of drug-likeness (QED) is 0.663. The van der Waals surface area contributed by atoms with Gasteiger partial charge in [0.25, 0.3) is 0 Å². The maximum Gasteiger partial charge on any atom is 0.189 e. The van der Waals surface area contributed by atoms with Gasteiger partial charge in [-0.25, -0.2) is 0 Å². The lowest BCUT2D eigenvalue weighted by atomic mass is 10.3. The van der Waals surface area contributed by atoms with E-state index in [0.29, 0.717) is 5.22 Å². The van der Waals surface area contributed by atoms with Gasteiger partial charge in [-0.15, -0.1) is 0 Å². The Hall–Kier alpha value is -0.950. The second-order valence-electron chi connectivity index (χ2n) is 2.71. The molecular weight excluding hydrogens is 184 g/mol. The molecule has 0 spiro atoms. The predicted octanol–water partition coefficient (Wildman–Crippen LogP) is 3.95. The summed E-state index contributed by atoms with van der Waals surface area (Å²) in [6, 6.07) is 9.53. The number of rotatable bonds is 4. The molecule has 0 aliphatic heterocycles. The molecule has 70 valence electrons. The molecule has 2 heteroatoms. The Kier molecular flexibility index (Phi) is 4.41. The Morgan fingerprint density at radius 2 is 2.08 bits per heavy atom. The highest BCUT2D eigenvalue weighted by Crippen LogP contribution is 2.15. The highest BCUT2D eigenvalue weighted by molar-refractivity contribution is 6.28. The van der Waals surface area contributed by atoms with Crippen LogP contribution in [-0.2, 0) is 0 Å². The van der Waals surface area contributed by atoms with Crippen molar-refractivity contribution in [3.05, 3.63) is 41.6 Å². The molecule has 1 nitrogen and oxygen atoms in total. The lowest BCUT2D eigenvalue weighted by molar-refractivity contribution is 0.459. The molecule has 1 aromatic carbocycles. The molecule has 1 rings (SSSR count). The fourth-order valence-electron chi connectivity index (χ4n) is 0.901. The minimum absolute atomic E-state index is 0.452. The van der Waals surface area contributed by atoms with E-state index in [2.05, 4.69) is 6.92 Å². The minimum Gasteiger partial charge on any atom is -0.446 e. The zero-order valence-electron chi connectivity index (χ0n) is 7.66. The first-order valence-electron chi connectivity index (χ1n) is 4.41. The predicted molar refractivity (Wildman–Crippen MR) is 55.9 cm³/mol. The average Bonchev–Trinajstić information content (AvgIpc) is 2.16. The van der Waals surface area contributed by atoms with Crippen LogP contribution in [0.25, 0.3) is 0 Å². The average molecular weight is 197 g/mol. The van der Waals surface area contributed by atoms with E-state index in [4.69, 9.17) is 16.3 Å². The molecule has 0 saturated heterocycles. The third-order valence-electron chi connectivity index (χ3n) is 1.55. The summed E-state index contributed by atoms with van der Waals surface area (Å²) in [5.74, 6) is 0.778. The van der Waals surface area contributed by atoms with Crippen LogP contribution in [0.2, 0.25) is 0 Å². The molecule has 0 unspecified atom stereocenters. The van der Waals surface area contributed by atoms with Gasteiger partial charge in [0, 0.05) is 0 Å². The summed E-state index contributed by atoms with van der Waals surface area (Å²) in [7, 11) is 0. The molecule has 0 heterocycles. The summed E-state index contributed by atoms with van der Waals surface area (Å²) in [5, 5.41) is 0.452. The van der Waals surface area contributed by atoms with Crippen LogP contribution in [0, 0.1) is 0 Å². The van der Waals surface area contributed by atoms with Crippen molar-refractivity contribution >= 4 is 11.6 Å². The first kappa shape index (κ1) is 10.1. The molecule has 0 aliphatic rings. The van der Waals surface area contributed by atoms with Crippen LogP contribution in [0.15, 0.2) is 41.6 Å². The van der Waals surface area contributed by atoms with Crippen molar-refractivity contribution < 1.29 is 4.74 Å². The van der Waals surface area contributed by atoms with Crippen molar-refractivity contribution in [3.63, 3.8) is 0 Å². The van der Waals surface area contributed by atoms with Crippen molar-refractivity contribution in [2.75, 3.05) is 0 Å². The SMILES string of the molecule is CCCC=C(Cl)Oc1ccccc1. The molecule has 0 N–H and O–H groups in total. The second kappa shape index (κ2) is 5.65. The molecule has 0 amide bonds. The van der Waals surface area contributed by atoms with Gasteiger partial charge >= 0.3 is 0 Å². The summed E-state index contributed by atoms with van der Waals surface area (Å²) < 4.78 is 5.34. The number of hydrogen-bond donors (Lipinski definition) is 0. The fourth-order valence-corrected chi connectivity index (χ4v) is 1.10. The molecule has 0 saturated carbocycles. The van der Waals surface area contributed by atoms with Crippen LogP contribution in [0.3, 0.4) is 0 Å². The summed E-state index contributed by atoms with van der Waals surface area (Å²) in [4.78, 5) is 0. The van der Waals surface area contributed by atoms with Crippen LogP contribution in [-0.4, -0.2) is 0 Å². The Balaban J connectivity index is 2.50. The van der Waals surface area contributed by atoms with Crippen molar-refractivity contribution in [3.8, 4) is 5.75 Å². The van der Waals surface area contributed by atoms with Gasteiger partial charge in [0.05, 0.1) is 0 Å². The second-order valence-corrected chi connectivity index (χ2v) is 3.08. The number of unbranched alkanes of at least 4 members (excludes halogenated alkanes) is 1. The Morgan fingerprint density at radius 3 is 2.69 bits per heavy atom. The van der Waals surface area contributed by atoms with E-state index >= 15 is 0 Å². The van der Waals surface area contributed by atoms with Gasteiger partial charge in [0.2, 0.25) is 0 Å². The Labute approximate surface area is 84.0 Å². The van der Waals surface area contributed by atoms with E-state index in [-0.39, 0.29) is 0 Å². The Bertz CT molecular complexity index is 267. The maximum absolute atomic E-state index is 5.83. The molecule has 1 aromatic rings. The minimum atomic E-state index is 0.452.